The molecule has 0 radical (unpaired) electrons. The van der Waals surface area contributed by atoms with Gasteiger partial charge in [0.05, 0.1) is 25.9 Å². The Hall–Kier alpha value is -1.59. The minimum atomic E-state index is -0.413. The van der Waals surface area contributed by atoms with E-state index in [9.17, 15) is 4.79 Å². The second kappa shape index (κ2) is 7.76. The van der Waals surface area contributed by atoms with E-state index in [4.69, 9.17) is 18.9 Å². The molecule has 5 heteroatoms. The van der Waals surface area contributed by atoms with Crippen molar-refractivity contribution in [2.75, 3.05) is 34.5 Å². The highest BCUT2D eigenvalue weighted by Crippen LogP contribution is 2.18. The summed E-state index contributed by atoms with van der Waals surface area (Å²) < 4.78 is 20.4. The van der Waals surface area contributed by atoms with E-state index in [-0.39, 0.29) is 5.97 Å². The summed E-state index contributed by atoms with van der Waals surface area (Å²) in [6.45, 7) is 2.43. The third kappa shape index (κ3) is 4.54. The maximum absolute atomic E-state index is 12.1. The average Bonchev–Trinajstić information content (AvgIpc) is 2.38. The average molecular weight is 268 g/mol. The summed E-state index contributed by atoms with van der Waals surface area (Å²) in [6.07, 6.45) is -0.413. The van der Waals surface area contributed by atoms with Crippen LogP contribution in [-0.4, -0.2) is 46.6 Å². The molecule has 1 aromatic rings. The van der Waals surface area contributed by atoms with Gasteiger partial charge in [0, 0.05) is 14.2 Å². The summed E-state index contributed by atoms with van der Waals surface area (Å²) in [7, 11) is 4.68. The highest BCUT2D eigenvalue weighted by atomic mass is 16.6. The third-order valence-corrected chi connectivity index (χ3v) is 2.63. The summed E-state index contributed by atoms with van der Waals surface area (Å²) in [4.78, 5) is 12.1. The van der Waals surface area contributed by atoms with Crippen LogP contribution in [0.25, 0.3) is 0 Å². The Balaban J connectivity index is 2.76. The van der Waals surface area contributed by atoms with Crippen molar-refractivity contribution >= 4 is 5.97 Å². The van der Waals surface area contributed by atoms with Gasteiger partial charge in [0.1, 0.15) is 11.9 Å². The zero-order chi connectivity index (χ0) is 14.3. The van der Waals surface area contributed by atoms with E-state index in [1.807, 2.05) is 6.92 Å². The molecule has 0 atom stereocenters. The Morgan fingerprint density at radius 2 is 1.79 bits per heavy atom. The van der Waals surface area contributed by atoms with Crippen molar-refractivity contribution in [2.45, 2.75) is 13.0 Å². The van der Waals surface area contributed by atoms with Gasteiger partial charge in [0.15, 0.2) is 0 Å². The van der Waals surface area contributed by atoms with Gasteiger partial charge in [-0.2, -0.15) is 0 Å². The summed E-state index contributed by atoms with van der Waals surface area (Å²) in [5, 5.41) is 0. The van der Waals surface area contributed by atoms with E-state index < -0.39 is 6.10 Å². The van der Waals surface area contributed by atoms with Gasteiger partial charge in [-0.05, 0) is 30.7 Å². The smallest absolute Gasteiger partial charge is 0.338 e. The molecule has 0 saturated carbocycles. The van der Waals surface area contributed by atoms with E-state index in [1.165, 1.54) is 0 Å². The largest absolute Gasteiger partial charge is 0.497 e. The monoisotopic (exact) mass is 268 g/mol. The first-order chi connectivity index (χ1) is 9.12. The number of hydrogen-bond acceptors (Lipinski definition) is 5. The fraction of sp³-hybridized carbons (Fsp3) is 0.500. The molecule has 0 amide bonds. The van der Waals surface area contributed by atoms with Crippen LogP contribution in [0.3, 0.4) is 0 Å². The van der Waals surface area contributed by atoms with Crippen molar-refractivity contribution in [1.29, 1.82) is 0 Å². The highest BCUT2D eigenvalue weighted by Gasteiger charge is 2.17. The molecule has 1 aromatic carbocycles. The number of carbonyl (C=O) groups is 1. The summed E-state index contributed by atoms with van der Waals surface area (Å²) in [5.41, 5.74) is 1.32. The lowest BCUT2D eigenvalue weighted by Crippen LogP contribution is -2.27. The number of methoxy groups -OCH3 is 3. The van der Waals surface area contributed by atoms with Crippen LogP contribution in [-0.2, 0) is 14.2 Å². The van der Waals surface area contributed by atoms with Crippen LogP contribution in [0.5, 0.6) is 5.75 Å². The van der Waals surface area contributed by atoms with Crippen molar-refractivity contribution in [1.82, 2.24) is 0 Å². The second-order valence-electron chi connectivity index (χ2n) is 4.12. The minimum absolute atomic E-state index is 0.300. The number of rotatable bonds is 7. The molecule has 106 valence electrons. The van der Waals surface area contributed by atoms with Crippen LogP contribution in [0.2, 0.25) is 0 Å². The molecule has 1 rings (SSSR count). The van der Waals surface area contributed by atoms with Crippen LogP contribution in [0.15, 0.2) is 18.2 Å². The SMILES string of the molecule is COCC(COC)OC(=O)c1ccc(OC)cc1C. The topological polar surface area (TPSA) is 54.0 Å². The van der Waals surface area contributed by atoms with E-state index in [1.54, 1.807) is 39.5 Å². The quantitative estimate of drug-likeness (QED) is 0.706. The lowest BCUT2D eigenvalue weighted by molar-refractivity contribution is -0.0224. The van der Waals surface area contributed by atoms with Gasteiger partial charge in [-0.3, -0.25) is 0 Å². The molecule has 0 aromatic heterocycles. The van der Waals surface area contributed by atoms with Crippen molar-refractivity contribution in [3.8, 4) is 5.75 Å². The molecule has 0 fully saturated rings. The zero-order valence-corrected chi connectivity index (χ0v) is 11.8. The van der Waals surface area contributed by atoms with Crippen LogP contribution in [0.4, 0.5) is 0 Å². The Kier molecular flexibility index (Phi) is 6.32. The third-order valence-electron chi connectivity index (χ3n) is 2.63. The molecule has 0 heterocycles. The Morgan fingerprint density at radius 1 is 1.16 bits per heavy atom. The summed E-state index contributed by atoms with van der Waals surface area (Å²) >= 11 is 0. The Morgan fingerprint density at radius 3 is 2.26 bits per heavy atom. The van der Waals surface area contributed by atoms with E-state index >= 15 is 0 Å². The van der Waals surface area contributed by atoms with Gasteiger partial charge in [-0.15, -0.1) is 0 Å². The normalized spacial score (nSPS) is 10.6. The molecular weight excluding hydrogens is 248 g/mol. The molecule has 0 saturated heterocycles. The number of benzene rings is 1. The van der Waals surface area contributed by atoms with E-state index in [2.05, 4.69) is 0 Å². The maximum atomic E-state index is 12.1. The van der Waals surface area contributed by atoms with Crippen molar-refractivity contribution in [2.24, 2.45) is 0 Å². The summed E-state index contributed by atoms with van der Waals surface area (Å²) in [6, 6.07) is 5.21. The molecule has 0 aliphatic carbocycles. The number of hydrogen-bond donors (Lipinski definition) is 0. The first-order valence-corrected chi connectivity index (χ1v) is 5.95. The van der Waals surface area contributed by atoms with Gasteiger partial charge >= 0.3 is 5.97 Å². The lowest BCUT2D eigenvalue weighted by Gasteiger charge is -2.17. The number of carbonyl (C=O) groups excluding carboxylic acids is 1. The lowest BCUT2D eigenvalue weighted by atomic mass is 10.1. The van der Waals surface area contributed by atoms with Gasteiger partial charge in [0.2, 0.25) is 0 Å². The second-order valence-corrected chi connectivity index (χ2v) is 4.12. The molecule has 5 nitrogen and oxygen atoms in total. The number of ether oxygens (including phenoxy) is 4. The highest BCUT2D eigenvalue weighted by molar-refractivity contribution is 5.91. The van der Waals surface area contributed by atoms with Crippen LogP contribution < -0.4 is 4.74 Å². The Bertz CT molecular complexity index is 410. The Labute approximate surface area is 113 Å². The molecule has 0 aliphatic rings. The fourth-order valence-electron chi connectivity index (χ4n) is 1.69. The standard InChI is InChI=1S/C14H20O5/c1-10-7-11(18-4)5-6-13(10)14(15)19-12(8-16-2)9-17-3/h5-7,12H,8-9H2,1-4H3. The fourth-order valence-corrected chi connectivity index (χ4v) is 1.69. The van der Waals surface area contributed by atoms with Crippen LogP contribution >= 0.6 is 0 Å². The predicted molar refractivity (Wildman–Crippen MR) is 70.7 cm³/mol. The first kappa shape index (κ1) is 15.5. The van der Waals surface area contributed by atoms with Gasteiger partial charge < -0.3 is 18.9 Å². The predicted octanol–water partition coefficient (Wildman–Crippen LogP) is 1.82. The molecular formula is C14H20O5. The number of esters is 1. The van der Waals surface area contributed by atoms with E-state index in [0.29, 0.717) is 24.5 Å². The molecule has 19 heavy (non-hydrogen) atoms. The first-order valence-electron chi connectivity index (χ1n) is 5.95. The molecule has 0 bridgehead atoms. The van der Waals surface area contributed by atoms with Crippen LogP contribution in [0, 0.1) is 6.92 Å². The molecule has 0 spiro atoms. The molecule has 0 N–H and O–H groups in total. The number of aryl methyl sites for hydroxylation is 1. The molecule has 0 aliphatic heterocycles. The van der Waals surface area contributed by atoms with Crippen molar-refractivity contribution in [3.05, 3.63) is 29.3 Å². The van der Waals surface area contributed by atoms with Gasteiger partial charge in [-0.1, -0.05) is 0 Å². The van der Waals surface area contributed by atoms with Gasteiger partial charge in [0.25, 0.3) is 0 Å². The van der Waals surface area contributed by atoms with Crippen molar-refractivity contribution < 1.29 is 23.7 Å². The maximum Gasteiger partial charge on any atom is 0.338 e. The van der Waals surface area contributed by atoms with Gasteiger partial charge in [-0.25, -0.2) is 4.79 Å². The van der Waals surface area contributed by atoms with E-state index in [0.717, 1.165) is 5.56 Å². The van der Waals surface area contributed by atoms with Crippen LogP contribution in [0.1, 0.15) is 15.9 Å². The minimum Gasteiger partial charge on any atom is -0.497 e. The molecule has 0 unspecified atom stereocenters. The van der Waals surface area contributed by atoms with Crippen molar-refractivity contribution in [3.63, 3.8) is 0 Å². The zero-order valence-electron chi connectivity index (χ0n) is 11.8. The summed E-state index contributed by atoms with van der Waals surface area (Å²) in [5.74, 6) is 0.318.